The molecule has 0 radical (unpaired) electrons. The molecule has 9 heteroatoms. The van der Waals surface area contributed by atoms with E-state index in [0.29, 0.717) is 29.2 Å². The maximum atomic E-state index is 12.4. The van der Waals surface area contributed by atoms with Gasteiger partial charge in [-0.1, -0.05) is 29.8 Å². The molecular formula is C25H19IN2O6. The van der Waals surface area contributed by atoms with Crippen molar-refractivity contribution in [1.29, 1.82) is 0 Å². The molecule has 0 atom stereocenters. The van der Waals surface area contributed by atoms with Gasteiger partial charge >= 0.3 is 5.97 Å². The minimum absolute atomic E-state index is 0.0594. The van der Waals surface area contributed by atoms with E-state index in [0.717, 1.165) is 14.7 Å². The normalized spacial score (nSPS) is 14.0. The van der Waals surface area contributed by atoms with E-state index in [1.165, 1.54) is 24.3 Å². The Hall–Kier alpha value is -3.73. The van der Waals surface area contributed by atoms with E-state index in [-0.39, 0.29) is 17.3 Å². The number of nitro groups is 1. The van der Waals surface area contributed by atoms with Crippen LogP contribution >= 0.6 is 22.6 Å². The molecule has 1 aliphatic rings. The Labute approximate surface area is 209 Å². The lowest BCUT2D eigenvalue weighted by atomic mass is 10.1. The molecule has 0 fully saturated rings. The van der Waals surface area contributed by atoms with E-state index in [1.54, 1.807) is 19.3 Å². The van der Waals surface area contributed by atoms with Gasteiger partial charge in [0.25, 0.3) is 5.69 Å². The highest BCUT2D eigenvalue weighted by atomic mass is 127. The third-order valence-electron chi connectivity index (χ3n) is 4.97. The lowest BCUT2D eigenvalue weighted by molar-refractivity contribution is -0.384. The second-order valence-corrected chi connectivity index (χ2v) is 8.61. The Kier molecular flexibility index (Phi) is 6.92. The number of halogens is 1. The van der Waals surface area contributed by atoms with Crippen LogP contribution in [0.15, 0.2) is 71.4 Å². The summed E-state index contributed by atoms with van der Waals surface area (Å²) in [4.78, 5) is 27.0. The van der Waals surface area contributed by atoms with Crippen molar-refractivity contribution in [3.8, 4) is 11.5 Å². The number of hydrogen-bond acceptors (Lipinski definition) is 7. The highest BCUT2D eigenvalue weighted by Gasteiger charge is 2.25. The monoisotopic (exact) mass is 570 g/mol. The van der Waals surface area contributed by atoms with E-state index in [2.05, 4.69) is 33.6 Å². The van der Waals surface area contributed by atoms with E-state index in [1.807, 2.05) is 31.2 Å². The molecule has 0 aromatic heterocycles. The number of hydrogen-bond donors (Lipinski definition) is 0. The number of methoxy groups -OCH3 is 1. The Morgan fingerprint density at radius 1 is 1.15 bits per heavy atom. The number of aryl methyl sites for hydroxylation is 1. The first-order valence-electron chi connectivity index (χ1n) is 10.2. The van der Waals surface area contributed by atoms with Crippen molar-refractivity contribution < 1.29 is 23.9 Å². The van der Waals surface area contributed by atoms with Gasteiger partial charge in [-0.3, -0.25) is 10.1 Å². The highest BCUT2D eigenvalue weighted by molar-refractivity contribution is 14.1. The van der Waals surface area contributed by atoms with Gasteiger partial charge in [-0.25, -0.2) is 9.79 Å². The lowest BCUT2D eigenvalue weighted by Gasteiger charge is -2.14. The molecule has 8 nitrogen and oxygen atoms in total. The van der Waals surface area contributed by atoms with Crippen LogP contribution in [-0.2, 0) is 16.1 Å². The van der Waals surface area contributed by atoms with Crippen molar-refractivity contribution in [2.45, 2.75) is 13.5 Å². The Morgan fingerprint density at radius 2 is 1.91 bits per heavy atom. The molecule has 0 saturated carbocycles. The third-order valence-corrected chi connectivity index (χ3v) is 5.77. The molecule has 0 saturated heterocycles. The average Bonchev–Trinajstić information content (AvgIpc) is 3.18. The fourth-order valence-corrected chi connectivity index (χ4v) is 4.12. The fourth-order valence-electron chi connectivity index (χ4n) is 3.34. The van der Waals surface area contributed by atoms with Gasteiger partial charge in [-0.15, -0.1) is 0 Å². The molecule has 0 spiro atoms. The summed E-state index contributed by atoms with van der Waals surface area (Å²) in [5.74, 6) is 0.612. The molecule has 1 heterocycles. The number of nitro benzene ring substituents is 1. The van der Waals surface area contributed by atoms with Crippen LogP contribution in [0, 0.1) is 20.6 Å². The summed E-state index contributed by atoms with van der Waals surface area (Å²) < 4.78 is 17.6. The molecular weight excluding hydrogens is 551 g/mol. The Balaban J connectivity index is 1.57. The number of benzene rings is 3. The van der Waals surface area contributed by atoms with Gasteiger partial charge in [0, 0.05) is 17.7 Å². The quantitative estimate of drug-likeness (QED) is 0.123. The third kappa shape index (κ3) is 5.25. The van der Waals surface area contributed by atoms with Crippen molar-refractivity contribution in [2.24, 2.45) is 4.99 Å². The first-order valence-corrected chi connectivity index (χ1v) is 11.2. The van der Waals surface area contributed by atoms with E-state index in [9.17, 15) is 14.9 Å². The number of non-ortho nitro benzene ring substituents is 1. The maximum absolute atomic E-state index is 12.4. The van der Waals surface area contributed by atoms with Crippen LogP contribution in [-0.4, -0.2) is 23.9 Å². The number of carbonyl (C=O) groups is 1. The fraction of sp³-hybridized carbons (Fsp3) is 0.120. The Morgan fingerprint density at radius 3 is 2.59 bits per heavy atom. The number of nitrogens with zero attached hydrogens (tertiary/aromatic N) is 2. The number of rotatable bonds is 7. The summed E-state index contributed by atoms with van der Waals surface area (Å²) in [6, 6.07) is 17.3. The van der Waals surface area contributed by atoms with Gasteiger partial charge < -0.3 is 14.2 Å². The summed E-state index contributed by atoms with van der Waals surface area (Å²) >= 11 is 2.16. The molecule has 0 N–H and O–H groups in total. The zero-order valence-corrected chi connectivity index (χ0v) is 20.4. The highest BCUT2D eigenvalue weighted by Crippen LogP contribution is 2.35. The molecule has 3 aromatic carbocycles. The summed E-state index contributed by atoms with van der Waals surface area (Å²) in [6.07, 6.45) is 1.59. The van der Waals surface area contributed by atoms with Gasteiger partial charge in [-0.2, -0.15) is 0 Å². The summed E-state index contributed by atoms with van der Waals surface area (Å²) in [6.45, 7) is 2.42. The summed E-state index contributed by atoms with van der Waals surface area (Å²) in [5.41, 5.74) is 3.40. The number of cyclic esters (lactones) is 1. The second kappa shape index (κ2) is 10.0. The lowest BCUT2D eigenvalue weighted by Crippen LogP contribution is -2.05. The molecule has 3 aromatic rings. The van der Waals surface area contributed by atoms with Gasteiger partial charge in [0.1, 0.15) is 6.61 Å². The van der Waals surface area contributed by atoms with Crippen LogP contribution in [0.1, 0.15) is 22.3 Å². The van der Waals surface area contributed by atoms with Crippen molar-refractivity contribution in [3.05, 3.63) is 102 Å². The van der Waals surface area contributed by atoms with Crippen LogP contribution in [0.5, 0.6) is 11.5 Å². The van der Waals surface area contributed by atoms with Crippen LogP contribution in [0.4, 0.5) is 5.69 Å². The van der Waals surface area contributed by atoms with Crippen LogP contribution < -0.4 is 9.47 Å². The average molecular weight is 570 g/mol. The molecule has 4 rings (SSSR count). The van der Waals surface area contributed by atoms with E-state index >= 15 is 0 Å². The molecule has 34 heavy (non-hydrogen) atoms. The van der Waals surface area contributed by atoms with Crippen LogP contribution in [0.3, 0.4) is 0 Å². The second-order valence-electron chi connectivity index (χ2n) is 7.45. The summed E-state index contributed by atoms with van der Waals surface area (Å²) in [5, 5.41) is 10.8. The topological polar surface area (TPSA) is 100 Å². The minimum atomic E-state index is -0.609. The number of esters is 1. The first-order chi connectivity index (χ1) is 16.3. The number of aliphatic imine (C=N–C) groups is 1. The van der Waals surface area contributed by atoms with Gasteiger partial charge in [-0.05, 0) is 71.0 Å². The largest absolute Gasteiger partial charge is 0.493 e. The SMILES string of the molecule is COc1cc(/C=C2\N=C(c3ccc([N+](=O)[O-])cc3)OC2=O)cc(I)c1OCc1cccc(C)c1. The summed E-state index contributed by atoms with van der Waals surface area (Å²) in [7, 11) is 1.55. The molecule has 172 valence electrons. The Bertz CT molecular complexity index is 1330. The molecule has 1 aliphatic heterocycles. The smallest absolute Gasteiger partial charge is 0.363 e. The van der Waals surface area contributed by atoms with E-state index < -0.39 is 10.9 Å². The van der Waals surface area contributed by atoms with Crippen molar-refractivity contribution >= 4 is 46.2 Å². The number of ether oxygens (including phenoxy) is 3. The van der Waals surface area contributed by atoms with Gasteiger partial charge in [0.15, 0.2) is 17.2 Å². The number of carbonyl (C=O) groups excluding carboxylic acids is 1. The predicted octanol–water partition coefficient (Wildman–Crippen LogP) is 5.44. The minimum Gasteiger partial charge on any atom is -0.493 e. The standard InChI is InChI=1S/C25H19IN2O6/c1-15-4-3-5-16(10-15)14-33-23-20(26)11-17(13-22(23)32-2)12-21-25(29)34-24(27-21)18-6-8-19(9-7-18)28(30)31/h3-13H,14H2,1-2H3/b21-12-. The zero-order chi connectivity index (χ0) is 24.2. The molecule has 0 unspecified atom stereocenters. The maximum Gasteiger partial charge on any atom is 0.363 e. The van der Waals surface area contributed by atoms with Crippen LogP contribution in [0.2, 0.25) is 0 Å². The predicted molar refractivity (Wildman–Crippen MR) is 135 cm³/mol. The van der Waals surface area contributed by atoms with Crippen molar-refractivity contribution in [2.75, 3.05) is 7.11 Å². The van der Waals surface area contributed by atoms with Crippen LogP contribution in [0.25, 0.3) is 6.08 Å². The van der Waals surface area contributed by atoms with Gasteiger partial charge in [0.2, 0.25) is 5.90 Å². The zero-order valence-electron chi connectivity index (χ0n) is 18.3. The van der Waals surface area contributed by atoms with Crippen molar-refractivity contribution in [3.63, 3.8) is 0 Å². The van der Waals surface area contributed by atoms with E-state index in [4.69, 9.17) is 14.2 Å². The first kappa shape index (κ1) is 23.4. The van der Waals surface area contributed by atoms with Crippen molar-refractivity contribution in [1.82, 2.24) is 0 Å². The van der Waals surface area contributed by atoms with Gasteiger partial charge in [0.05, 0.1) is 15.6 Å². The molecule has 0 bridgehead atoms. The molecule has 0 aliphatic carbocycles. The molecule has 0 amide bonds.